The molecule has 0 aliphatic rings. The number of rotatable bonds is 2. The smallest absolute Gasteiger partial charge is 0.195 e. The minimum absolute atomic E-state index is 0.350. The van der Waals surface area contributed by atoms with Crippen molar-refractivity contribution in [3.05, 3.63) is 36.2 Å². The van der Waals surface area contributed by atoms with Gasteiger partial charge in [0.2, 0.25) is 0 Å². The molecule has 1 aromatic carbocycles. The molecular formula is C12H7N5S2. The summed E-state index contributed by atoms with van der Waals surface area (Å²) >= 11 is 2.87. The van der Waals surface area contributed by atoms with Crippen LogP contribution in [0.3, 0.4) is 0 Å². The fourth-order valence-corrected chi connectivity index (χ4v) is 3.46. The predicted octanol–water partition coefficient (Wildman–Crippen LogP) is 2.69. The third-order valence-electron chi connectivity index (χ3n) is 2.32. The van der Waals surface area contributed by atoms with Crippen molar-refractivity contribution in [2.75, 3.05) is 5.73 Å². The topological polar surface area (TPSA) is 88.5 Å². The van der Waals surface area contributed by atoms with E-state index >= 15 is 0 Å². The number of nitriles is 1. The van der Waals surface area contributed by atoms with Gasteiger partial charge in [0, 0.05) is 11.9 Å². The van der Waals surface area contributed by atoms with Gasteiger partial charge in [0.05, 0.1) is 10.2 Å². The third kappa shape index (κ3) is 2.50. The molecule has 0 saturated heterocycles. The van der Waals surface area contributed by atoms with Gasteiger partial charge >= 0.3 is 0 Å². The number of hydrogen-bond acceptors (Lipinski definition) is 7. The Labute approximate surface area is 117 Å². The highest BCUT2D eigenvalue weighted by Gasteiger charge is 2.08. The van der Waals surface area contributed by atoms with Crippen LogP contribution < -0.4 is 5.73 Å². The number of hydrogen-bond donors (Lipinski definition) is 1. The second-order valence-corrected chi connectivity index (χ2v) is 5.89. The first-order valence-electron chi connectivity index (χ1n) is 5.32. The SMILES string of the molecule is N#Cc1ccnc(Sc2nc3ccc(N)cc3s2)n1. The Morgan fingerprint density at radius 3 is 3.00 bits per heavy atom. The number of benzene rings is 1. The Balaban J connectivity index is 1.94. The van der Waals surface area contributed by atoms with E-state index in [1.54, 1.807) is 12.3 Å². The Morgan fingerprint density at radius 1 is 1.26 bits per heavy atom. The lowest BCUT2D eigenvalue weighted by molar-refractivity contribution is 0.951. The lowest BCUT2D eigenvalue weighted by Crippen LogP contribution is -1.88. The second kappa shape index (κ2) is 4.84. The molecule has 0 fully saturated rings. The average molecular weight is 285 g/mol. The molecule has 0 unspecified atom stereocenters. The molecule has 7 heteroatoms. The van der Waals surface area contributed by atoms with E-state index in [4.69, 9.17) is 11.0 Å². The summed E-state index contributed by atoms with van der Waals surface area (Å²) in [5.74, 6) is 0. The third-order valence-corrected chi connectivity index (χ3v) is 4.28. The molecule has 2 heterocycles. The van der Waals surface area contributed by atoms with Crippen molar-refractivity contribution >= 4 is 39.0 Å². The van der Waals surface area contributed by atoms with Crippen LogP contribution >= 0.6 is 23.1 Å². The molecule has 0 radical (unpaired) electrons. The standard InChI is InChI=1S/C12H7N5S2/c13-6-8-3-4-15-11(16-8)19-12-17-9-2-1-7(14)5-10(9)18-12/h1-5H,14H2. The molecule has 19 heavy (non-hydrogen) atoms. The Morgan fingerprint density at radius 2 is 2.16 bits per heavy atom. The lowest BCUT2D eigenvalue weighted by Gasteiger charge is -1.94. The summed E-state index contributed by atoms with van der Waals surface area (Å²) < 4.78 is 1.86. The van der Waals surface area contributed by atoms with Gasteiger partial charge in [-0.1, -0.05) is 0 Å². The molecule has 0 bridgehead atoms. The number of fused-ring (bicyclic) bond motifs is 1. The quantitative estimate of drug-likeness (QED) is 0.575. The van der Waals surface area contributed by atoms with Gasteiger partial charge in [-0.25, -0.2) is 15.0 Å². The van der Waals surface area contributed by atoms with Crippen LogP contribution in [-0.4, -0.2) is 15.0 Å². The molecule has 0 atom stereocenters. The van der Waals surface area contributed by atoms with Crippen molar-refractivity contribution in [1.29, 1.82) is 5.26 Å². The fourth-order valence-electron chi connectivity index (χ4n) is 1.49. The van der Waals surface area contributed by atoms with Crippen molar-refractivity contribution in [3.8, 4) is 6.07 Å². The van der Waals surface area contributed by atoms with Gasteiger partial charge in [-0.15, -0.1) is 11.3 Å². The summed E-state index contributed by atoms with van der Waals surface area (Å²) in [6.07, 6.45) is 1.57. The van der Waals surface area contributed by atoms with Gasteiger partial charge < -0.3 is 5.73 Å². The molecule has 92 valence electrons. The summed E-state index contributed by atoms with van der Waals surface area (Å²) in [5, 5.41) is 9.32. The van der Waals surface area contributed by atoms with E-state index < -0.39 is 0 Å². The largest absolute Gasteiger partial charge is 0.399 e. The molecule has 2 N–H and O–H groups in total. The van der Waals surface area contributed by atoms with Crippen molar-refractivity contribution < 1.29 is 0 Å². The molecule has 0 aliphatic carbocycles. The summed E-state index contributed by atoms with van der Waals surface area (Å²) in [5.41, 5.74) is 7.70. The first kappa shape index (κ1) is 11.9. The summed E-state index contributed by atoms with van der Waals surface area (Å²) in [4.78, 5) is 12.7. The van der Waals surface area contributed by atoms with Gasteiger partial charge in [-0.05, 0) is 36.0 Å². The molecule has 0 amide bonds. The summed E-state index contributed by atoms with van der Waals surface area (Å²) in [7, 11) is 0. The number of nitrogen functional groups attached to an aromatic ring is 1. The maximum absolute atomic E-state index is 8.80. The Bertz CT molecular complexity index is 790. The van der Waals surface area contributed by atoms with Gasteiger partial charge in [0.15, 0.2) is 9.50 Å². The van der Waals surface area contributed by atoms with E-state index in [-0.39, 0.29) is 0 Å². The first-order chi connectivity index (χ1) is 9.24. The van der Waals surface area contributed by atoms with Gasteiger partial charge in [0.25, 0.3) is 0 Å². The number of nitrogens with zero attached hydrogens (tertiary/aromatic N) is 4. The zero-order valence-corrected chi connectivity index (χ0v) is 11.2. The van der Waals surface area contributed by atoms with Crippen LogP contribution in [-0.2, 0) is 0 Å². The van der Waals surface area contributed by atoms with E-state index in [0.717, 1.165) is 20.2 Å². The number of anilines is 1. The highest BCUT2D eigenvalue weighted by molar-refractivity contribution is 8.01. The van der Waals surface area contributed by atoms with E-state index in [9.17, 15) is 0 Å². The van der Waals surface area contributed by atoms with E-state index in [1.165, 1.54) is 23.1 Å². The monoisotopic (exact) mass is 285 g/mol. The molecule has 3 aromatic rings. The molecule has 0 saturated carbocycles. The van der Waals surface area contributed by atoms with Crippen molar-refractivity contribution in [1.82, 2.24) is 15.0 Å². The maximum Gasteiger partial charge on any atom is 0.195 e. The number of aromatic nitrogens is 3. The van der Waals surface area contributed by atoms with Crippen LogP contribution in [0.25, 0.3) is 10.2 Å². The molecule has 0 spiro atoms. The zero-order valence-electron chi connectivity index (χ0n) is 9.57. The molecule has 2 aromatic heterocycles. The van der Waals surface area contributed by atoms with Crippen LogP contribution in [0.2, 0.25) is 0 Å². The first-order valence-corrected chi connectivity index (χ1v) is 6.95. The highest BCUT2D eigenvalue weighted by atomic mass is 32.2. The van der Waals surface area contributed by atoms with Crippen LogP contribution in [0, 0.1) is 11.3 Å². The van der Waals surface area contributed by atoms with Crippen LogP contribution in [0.4, 0.5) is 5.69 Å². The minimum Gasteiger partial charge on any atom is -0.399 e. The van der Waals surface area contributed by atoms with Gasteiger partial charge in [-0.2, -0.15) is 5.26 Å². The summed E-state index contributed by atoms with van der Waals surface area (Å²) in [6.45, 7) is 0. The minimum atomic E-state index is 0.350. The van der Waals surface area contributed by atoms with Crippen molar-refractivity contribution in [3.63, 3.8) is 0 Å². The van der Waals surface area contributed by atoms with E-state index in [0.29, 0.717) is 10.9 Å². The van der Waals surface area contributed by atoms with Crippen LogP contribution in [0.15, 0.2) is 40.0 Å². The zero-order chi connectivity index (χ0) is 13.2. The van der Waals surface area contributed by atoms with Crippen LogP contribution in [0.1, 0.15) is 5.69 Å². The van der Waals surface area contributed by atoms with Gasteiger partial charge in [-0.3, -0.25) is 0 Å². The molecular weight excluding hydrogens is 278 g/mol. The molecule has 0 aliphatic heterocycles. The summed E-state index contributed by atoms with van der Waals surface area (Å²) in [6, 6.07) is 9.16. The van der Waals surface area contributed by atoms with Crippen molar-refractivity contribution in [2.24, 2.45) is 0 Å². The Hall–Kier alpha value is -2.17. The average Bonchev–Trinajstić information content (AvgIpc) is 2.80. The van der Waals surface area contributed by atoms with Crippen LogP contribution in [0.5, 0.6) is 0 Å². The normalized spacial score (nSPS) is 10.5. The molecule has 3 rings (SSSR count). The van der Waals surface area contributed by atoms with E-state index in [2.05, 4.69) is 15.0 Å². The maximum atomic E-state index is 8.80. The number of thiazole rings is 1. The molecule has 5 nitrogen and oxygen atoms in total. The highest BCUT2D eigenvalue weighted by Crippen LogP contribution is 2.33. The number of nitrogens with two attached hydrogens (primary N) is 1. The van der Waals surface area contributed by atoms with Crippen molar-refractivity contribution in [2.45, 2.75) is 9.50 Å². The second-order valence-electron chi connectivity index (χ2n) is 3.65. The lowest BCUT2D eigenvalue weighted by atomic mass is 10.3. The Kier molecular flexibility index (Phi) is 3.03. The fraction of sp³-hybridized carbons (Fsp3) is 0. The van der Waals surface area contributed by atoms with E-state index in [1.807, 2.05) is 24.3 Å². The van der Waals surface area contributed by atoms with Gasteiger partial charge in [0.1, 0.15) is 11.8 Å². The predicted molar refractivity (Wildman–Crippen MR) is 74.9 cm³/mol.